The summed E-state index contributed by atoms with van der Waals surface area (Å²) in [6, 6.07) is 9.03. The van der Waals surface area contributed by atoms with E-state index in [2.05, 4.69) is 73.6 Å². The van der Waals surface area contributed by atoms with Crippen LogP contribution in [0.15, 0.2) is 24.3 Å². The van der Waals surface area contributed by atoms with E-state index in [9.17, 15) is 4.79 Å². The molecule has 0 spiro atoms. The van der Waals surface area contributed by atoms with Gasteiger partial charge >= 0.3 is 0 Å². The van der Waals surface area contributed by atoms with Crippen molar-refractivity contribution in [1.29, 1.82) is 0 Å². The number of amides is 1. The number of carbonyl (C=O) groups excluding carboxylic acids is 1. The molecule has 1 aliphatic heterocycles. The SMILES string of the molecule is CCCC#Cc1ccc(CN(C(=O)[C@H]2CC[C@H](CCCCC)CC2)C2CCN(CCC(C)C)CC2)cc1. The number of hydrogen-bond acceptors (Lipinski definition) is 2. The number of unbranched alkanes of at least 4 members (excludes halogenated alkanes) is 3. The summed E-state index contributed by atoms with van der Waals surface area (Å²) in [6.45, 7) is 13.3. The van der Waals surface area contributed by atoms with Gasteiger partial charge in [0.15, 0.2) is 0 Å². The summed E-state index contributed by atoms with van der Waals surface area (Å²) in [6.07, 6.45) is 15.6. The predicted octanol–water partition coefficient (Wildman–Crippen LogP) is 8.06. The van der Waals surface area contributed by atoms with Crippen LogP contribution in [-0.2, 0) is 11.3 Å². The average Bonchev–Trinajstić information content (AvgIpc) is 2.92. The molecule has 3 heteroatoms. The molecule has 0 radical (unpaired) electrons. The van der Waals surface area contributed by atoms with Crippen LogP contribution in [0.25, 0.3) is 0 Å². The van der Waals surface area contributed by atoms with Crippen molar-refractivity contribution < 1.29 is 4.79 Å². The molecule has 3 nitrogen and oxygen atoms in total. The van der Waals surface area contributed by atoms with Crippen molar-refractivity contribution in [2.75, 3.05) is 19.6 Å². The van der Waals surface area contributed by atoms with Gasteiger partial charge in [0.1, 0.15) is 0 Å². The molecule has 37 heavy (non-hydrogen) atoms. The molecule has 1 saturated heterocycles. The maximum Gasteiger partial charge on any atom is 0.226 e. The van der Waals surface area contributed by atoms with Gasteiger partial charge in [-0.2, -0.15) is 0 Å². The number of likely N-dealkylation sites (tertiary alicyclic amines) is 1. The molecule has 1 heterocycles. The summed E-state index contributed by atoms with van der Waals surface area (Å²) in [4.78, 5) is 18.9. The fourth-order valence-electron chi connectivity index (χ4n) is 6.08. The highest BCUT2D eigenvalue weighted by Crippen LogP contribution is 2.34. The van der Waals surface area contributed by atoms with E-state index < -0.39 is 0 Å². The molecule has 0 aromatic heterocycles. The largest absolute Gasteiger partial charge is 0.335 e. The number of hydrogen-bond donors (Lipinski definition) is 0. The molecule has 3 rings (SSSR count). The van der Waals surface area contributed by atoms with Crippen molar-refractivity contribution >= 4 is 5.91 Å². The maximum absolute atomic E-state index is 14.0. The molecule has 0 atom stereocenters. The molecule has 1 aromatic carbocycles. The van der Waals surface area contributed by atoms with Crippen LogP contribution in [0.2, 0.25) is 0 Å². The molecule has 206 valence electrons. The zero-order valence-electron chi connectivity index (χ0n) is 24.4. The van der Waals surface area contributed by atoms with Crippen LogP contribution >= 0.6 is 0 Å². The summed E-state index contributed by atoms with van der Waals surface area (Å²) in [5.74, 6) is 8.77. The van der Waals surface area contributed by atoms with Crippen LogP contribution in [0.1, 0.15) is 122 Å². The second kappa shape index (κ2) is 16.2. The fraction of sp³-hybridized carbons (Fsp3) is 0.735. The number of rotatable bonds is 12. The summed E-state index contributed by atoms with van der Waals surface area (Å²) in [5.41, 5.74) is 2.32. The molecule has 1 saturated carbocycles. The third-order valence-corrected chi connectivity index (χ3v) is 8.63. The minimum absolute atomic E-state index is 0.223. The van der Waals surface area contributed by atoms with E-state index in [4.69, 9.17) is 0 Å². The lowest BCUT2D eigenvalue weighted by Gasteiger charge is -2.41. The topological polar surface area (TPSA) is 23.6 Å². The van der Waals surface area contributed by atoms with Crippen LogP contribution in [0.5, 0.6) is 0 Å². The lowest BCUT2D eigenvalue weighted by Crippen LogP contribution is -2.49. The molecule has 1 amide bonds. The minimum atomic E-state index is 0.223. The summed E-state index contributed by atoms with van der Waals surface area (Å²) in [7, 11) is 0. The molecule has 1 aliphatic carbocycles. The maximum atomic E-state index is 14.0. The quantitative estimate of drug-likeness (QED) is 0.211. The van der Waals surface area contributed by atoms with Crippen molar-refractivity contribution in [2.45, 2.75) is 124 Å². The Kier molecular flexibility index (Phi) is 13.1. The fourth-order valence-corrected chi connectivity index (χ4v) is 6.08. The van der Waals surface area contributed by atoms with Gasteiger partial charge in [-0.15, -0.1) is 0 Å². The van der Waals surface area contributed by atoms with Crippen molar-refractivity contribution in [2.24, 2.45) is 17.8 Å². The van der Waals surface area contributed by atoms with Gasteiger partial charge in [-0.3, -0.25) is 4.79 Å². The summed E-state index contributed by atoms with van der Waals surface area (Å²) >= 11 is 0. The van der Waals surface area contributed by atoms with Gasteiger partial charge in [-0.25, -0.2) is 0 Å². The van der Waals surface area contributed by atoms with Crippen molar-refractivity contribution in [3.05, 3.63) is 35.4 Å². The van der Waals surface area contributed by atoms with E-state index in [1.807, 2.05) is 0 Å². The van der Waals surface area contributed by atoms with Gasteiger partial charge in [0.2, 0.25) is 5.91 Å². The van der Waals surface area contributed by atoms with Crippen LogP contribution in [0, 0.1) is 29.6 Å². The Hall–Kier alpha value is -1.79. The van der Waals surface area contributed by atoms with Crippen LogP contribution in [0.4, 0.5) is 0 Å². The first-order valence-electron chi connectivity index (χ1n) is 15.6. The zero-order valence-corrected chi connectivity index (χ0v) is 24.4. The van der Waals surface area contributed by atoms with E-state index in [0.717, 1.165) is 75.6 Å². The van der Waals surface area contributed by atoms with E-state index in [1.54, 1.807) is 0 Å². The Morgan fingerprint density at radius 1 is 0.973 bits per heavy atom. The molecule has 2 fully saturated rings. The Bertz CT molecular complexity index is 833. The lowest BCUT2D eigenvalue weighted by atomic mass is 9.79. The van der Waals surface area contributed by atoms with Gasteiger partial charge in [0, 0.05) is 43.6 Å². The van der Waals surface area contributed by atoms with Gasteiger partial charge in [-0.05, 0) is 87.4 Å². The molecule has 2 aliphatic rings. The van der Waals surface area contributed by atoms with Crippen molar-refractivity contribution in [1.82, 2.24) is 9.80 Å². The molecule has 0 unspecified atom stereocenters. The number of nitrogens with zero attached hydrogens (tertiary/aromatic N) is 2. The van der Waals surface area contributed by atoms with E-state index in [0.29, 0.717) is 11.9 Å². The smallest absolute Gasteiger partial charge is 0.226 e. The highest BCUT2D eigenvalue weighted by molar-refractivity contribution is 5.79. The Morgan fingerprint density at radius 3 is 2.30 bits per heavy atom. The highest BCUT2D eigenvalue weighted by atomic mass is 16.2. The minimum Gasteiger partial charge on any atom is -0.335 e. The van der Waals surface area contributed by atoms with Crippen LogP contribution in [-0.4, -0.2) is 41.4 Å². The third-order valence-electron chi connectivity index (χ3n) is 8.63. The van der Waals surface area contributed by atoms with Crippen molar-refractivity contribution in [3.8, 4) is 11.8 Å². The zero-order chi connectivity index (χ0) is 26.5. The summed E-state index contributed by atoms with van der Waals surface area (Å²) < 4.78 is 0. The van der Waals surface area contributed by atoms with Gasteiger partial charge < -0.3 is 9.80 Å². The van der Waals surface area contributed by atoms with E-state index in [-0.39, 0.29) is 5.92 Å². The lowest BCUT2D eigenvalue weighted by molar-refractivity contribution is -0.141. The Morgan fingerprint density at radius 2 is 1.68 bits per heavy atom. The Balaban J connectivity index is 1.64. The standard InChI is InChI=1S/C34H54N2O/c1-5-7-9-11-29-13-15-31(16-14-29)27-36(33-22-25-35(26-23-33)24-21-28(3)4)34(37)32-19-17-30(18-20-32)12-10-8-6-2/h13-16,28,30,32-33H,5-8,10,12,17-27H2,1-4H3/t30-,32-. The van der Waals surface area contributed by atoms with Gasteiger partial charge in [-0.1, -0.05) is 77.4 Å². The van der Waals surface area contributed by atoms with Crippen LogP contribution < -0.4 is 0 Å². The Labute approximate surface area is 228 Å². The molecular weight excluding hydrogens is 452 g/mol. The molecule has 0 N–H and O–H groups in total. The van der Waals surface area contributed by atoms with Gasteiger partial charge in [0.25, 0.3) is 0 Å². The highest BCUT2D eigenvalue weighted by Gasteiger charge is 2.34. The first-order chi connectivity index (χ1) is 18.0. The van der Waals surface area contributed by atoms with E-state index >= 15 is 0 Å². The number of benzene rings is 1. The van der Waals surface area contributed by atoms with Crippen LogP contribution in [0.3, 0.4) is 0 Å². The third kappa shape index (κ3) is 10.1. The molecular formula is C34H54N2O. The number of carbonyl (C=O) groups is 1. The normalized spacial score (nSPS) is 21.0. The second-order valence-corrected chi connectivity index (χ2v) is 12.2. The second-order valence-electron chi connectivity index (χ2n) is 12.2. The average molecular weight is 507 g/mol. The summed E-state index contributed by atoms with van der Waals surface area (Å²) in [5, 5.41) is 0. The molecule has 0 bridgehead atoms. The van der Waals surface area contributed by atoms with Crippen molar-refractivity contribution in [3.63, 3.8) is 0 Å². The van der Waals surface area contributed by atoms with E-state index in [1.165, 1.54) is 57.1 Å². The predicted molar refractivity (Wildman–Crippen MR) is 157 cm³/mol. The monoisotopic (exact) mass is 506 g/mol. The van der Waals surface area contributed by atoms with Gasteiger partial charge in [0.05, 0.1) is 0 Å². The molecule has 1 aromatic rings. The number of piperidine rings is 1. The first-order valence-corrected chi connectivity index (χ1v) is 15.6. The first kappa shape index (κ1) is 29.8.